The molecule has 1 aliphatic rings. The molecule has 0 radical (unpaired) electrons. The Labute approximate surface area is 99.3 Å². The summed E-state index contributed by atoms with van der Waals surface area (Å²) < 4.78 is 15.1. The van der Waals surface area contributed by atoms with Crippen molar-refractivity contribution in [2.75, 3.05) is 32.2 Å². The largest absolute Gasteiger partial charge is 0.378 e. The Hall–Kier alpha value is -0.720. The third kappa shape index (κ3) is 2.50. The predicted molar refractivity (Wildman–Crippen MR) is 63.0 cm³/mol. The zero-order valence-electron chi connectivity index (χ0n) is 9.65. The van der Waals surface area contributed by atoms with Crippen LogP contribution in [-0.2, 0) is 15.9 Å². The molecule has 1 atom stereocenters. The van der Waals surface area contributed by atoms with Crippen LogP contribution in [0.1, 0.15) is 19.2 Å². The molecular weight excluding hydrogens is 226 g/mol. The van der Waals surface area contributed by atoms with Gasteiger partial charge in [-0.2, -0.15) is 4.37 Å². The number of aromatic nitrogens is 2. The summed E-state index contributed by atoms with van der Waals surface area (Å²) in [6.45, 7) is 4.19. The first-order valence-electron chi connectivity index (χ1n) is 5.47. The van der Waals surface area contributed by atoms with E-state index >= 15 is 0 Å². The summed E-state index contributed by atoms with van der Waals surface area (Å²) in [6, 6.07) is 0. The lowest BCUT2D eigenvalue weighted by Crippen LogP contribution is -2.39. The fourth-order valence-electron chi connectivity index (χ4n) is 1.67. The average Bonchev–Trinajstić information content (AvgIpc) is 2.96. The second-order valence-corrected chi connectivity index (χ2v) is 4.66. The maximum Gasteiger partial charge on any atom is 0.202 e. The molecule has 0 amide bonds. The molecule has 1 unspecified atom stereocenters. The van der Waals surface area contributed by atoms with Gasteiger partial charge in [-0.15, -0.1) is 0 Å². The smallest absolute Gasteiger partial charge is 0.202 e. The lowest BCUT2D eigenvalue weighted by molar-refractivity contribution is -0.00620. The van der Waals surface area contributed by atoms with E-state index in [1.54, 1.807) is 7.11 Å². The Bertz CT molecular complexity index is 337. The van der Waals surface area contributed by atoms with Gasteiger partial charge in [0.2, 0.25) is 5.13 Å². The van der Waals surface area contributed by atoms with Crippen molar-refractivity contribution >= 4 is 16.7 Å². The maximum atomic E-state index is 5.52. The number of hydrogen-bond donors (Lipinski definition) is 1. The first-order chi connectivity index (χ1) is 7.78. The number of aryl methyl sites for hydroxylation is 1. The van der Waals surface area contributed by atoms with E-state index in [-0.39, 0.29) is 5.60 Å². The van der Waals surface area contributed by atoms with Gasteiger partial charge in [-0.05, 0) is 0 Å². The van der Waals surface area contributed by atoms with Gasteiger partial charge in [-0.3, -0.25) is 0 Å². The molecule has 1 saturated heterocycles. The third-order valence-electron chi connectivity index (χ3n) is 2.85. The third-order valence-corrected chi connectivity index (χ3v) is 3.56. The number of nitrogens with zero attached hydrogens (tertiary/aromatic N) is 2. The Morgan fingerprint density at radius 3 is 3.06 bits per heavy atom. The first kappa shape index (κ1) is 11.8. The van der Waals surface area contributed by atoms with Gasteiger partial charge in [0, 0.05) is 44.6 Å². The minimum atomic E-state index is -0.196. The van der Waals surface area contributed by atoms with E-state index in [1.807, 2.05) is 6.92 Å². The van der Waals surface area contributed by atoms with E-state index < -0.39 is 0 Å². The molecule has 90 valence electrons. The van der Waals surface area contributed by atoms with Crippen LogP contribution in [0.3, 0.4) is 0 Å². The van der Waals surface area contributed by atoms with Crippen molar-refractivity contribution in [3.8, 4) is 0 Å². The van der Waals surface area contributed by atoms with Gasteiger partial charge in [-0.25, -0.2) is 4.98 Å². The molecule has 2 heterocycles. The summed E-state index contributed by atoms with van der Waals surface area (Å²) in [6.07, 6.45) is 1.80. The number of methoxy groups -OCH3 is 1. The highest BCUT2D eigenvalue weighted by atomic mass is 32.1. The molecule has 1 aliphatic heterocycles. The molecular formula is C10H17N3O2S. The standard InChI is InChI=1S/C10H17N3O2S/c1-3-8-12-9(16-13-8)11-6-10(14-2)4-5-15-7-10/h3-7H2,1-2H3,(H,11,12,13). The van der Waals surface area contributed by atoms with Crippen molar-refractivity contribution in [1.82, 2.24) is 9.36 Å². The van der Waals surface area contributed by atoms with Crippen LogP contribution in [0.25, 0.3) is 0 Å². The van der Waals surface area contributed by atoms with Crippen LogP contribution in [0.2, 0.25) is 0 Å². The SMILES string of the molecule is CCc1nsc(NCC2(OC)CCOC2)n1. The van der Waals surface area contributed by atoms with E-state index in [4.69, 9.17) is 9.47 Å². The van der Waals surface area contributed by atoms with E-state index in [0.29, 0.717) is 6.61 Å². The number of rotatable bonds is 5. The van der Waals surface area contributed by atoms with Crippen molar-refractivity contribution in [2.45, 2.75) is 25.4 Å². The van der Waals surface area contributed by atoms with Crippen LogP contribution in [0, 0.1) is 0 Å². The molecule has 0 aliphatic carbocycles. The van der Waals surface area contributed by atoms with Crippen molar-refractivity contribution in [3.05, 3.63) is 5.82 Å². The molecule has 0 spiro atoms. The number of hydrogen-bond acceptors (Lipinski definition) is 6. The van der Waals surface area contributed by atoms with E-state index in [2.05, 4.69) is 14.7 Å². The van der Waals surface area contributed by atoms with Gasteiger partial charge in [0.25, 0.3) is 0 Å². The highest BCUT2D eigenvalue weighted by Gasteiger charge is 2.34. The monoisotopic (exact) mass is 243 g/mol. The summed E-state index contributed by atoms with van der Waals surface area (Å²) >= 11 is 1.40. The van der Waals surface area contributed by atoms with Crippen LogP contribution in [0.15, 0.2) is 0 Å². The quantitative estimate of drug-likeness (QED) is 0.845. The van der Waals surface area contributed by atoms with Gasteiger partial charge >= 0.3 is 0 Å². The predicted octanol–water partition coefficient (Wildman–Crippen LogP) is 1.32. The number of nitrogens with one attached hydrogen (secondary N) is 1. The number of anilines is 1. The average molecular weight is 243 g/mol. The van der Waals surface area contributed by atoms with E-state index in [0.717, 1.165) is 36.9 Å². The molecule has 0 aromatic carbocycles. The molecule has 2 rings (SSSR count). The van der Waals surface area contributed by atoms with E-state index in [1.165, 1.54) is 11.5 Å². The van der Waals surface area contributed by atoms with Crippen LogP contribution in [0.5, 0.6) is 0 Å². The molecule has 6 heteroatoms. The summed E-state index contributed by atoms with van der Waals surface area (Å²) in [5, 5.41) is 4.13. The molecule has 0 saturated carbocycles. The summed E-state index contributed by atoms with van der Waals surface area (Å²) in [7, 11) is 1.73. The van der Waals surface area contributed by atoms with Gasteiger partial charge in [0.15, 0.2) is 0 Å². The van der Waals surface area contributed by atoms with Crippen LogP contribution in [-0.4, -0.2) is 41.8 Å². The van der Waals surface area contributed by atoms with Gasteiger partial charge in [-0.1, -0.05) is 6.92 Å². The summed E-state index contributed by atoms with van der Waals surface area (Å²) in [5.74, 6) is 0.890. The van der Waals surface area contributed by atoms with Crippen LogP contribution >= 0.6 is 11.5 Å². The topological polar surface area (TPSA) is 56.3 Å². The normalized spacial score (nSPS) is 24.9. The second kappa shape index (κ2) is 5.07. The summed E-state index contributed by atoms with van der Waals surface area (Å²) in [5.41, 5.74) is -0.196. The Kier molecular flexibility index (Phi) is 3.73. The molecule has 5 nitrogen and oxygen atoms in total. The zero-order valence-corrected chi connectivity index (χ0v) is 10.5. The van der Waals surface area contributed by atoms with Crippen molar-refractivity contribution in [3.63, 3.8) is 0 Å². The lowest BCUT2D eigenvalue weighted by atomic mass is 10.0. The highest BCUT2D eigenvalue weighted by molar-refractivity contribution is 7.09. The Balaban J connectivity index is 1.90. The molecule has 1 aromatic heterocycles. The second-order valence-electron chi connectivity index (χ2n) is 3.91. The Morgan fingerprint density at radius 2 is 2.50 bits per heavy atom. The first-order valence-corrected chi connectivity index (χ1v) is 6.25. The maximum absolute atomic E-state index is 5.52. The highest BCUT2D eigenvalue weighted by Crippen LogP contribution is 2.23. The zero-order chi connectivity index (χ0) is 11.4. The summed E-state index contributed by atoms with van der Waals surface area (Å²) in [4.78, 5) is 4.36. The van der Waals surface area contributed by atoms with Crippen molar-refractivity contribution < 1.29 is 9.47 Å². The van der Waals surface area contributed by atoms with Crippen LogP contribution in [0.4, 0.5) is 5.13 Å². The van der Waals surface area contributed by atoms with Crippen molar-refractivity contribution in [2.24, 2.45) is 0 Å². The molecule has 1 fully saturated rings. The molecule has 16 heavy (non-hydrogen) atoms. The molecule has 1 aromatic rings. The van der Waals surface area contributed by atoms with Gasteiger partial charge in [0.05, 0.1) is 6.61 Å². The molecule has 0 bridgehead atoms. The van der Waals surface area contributed by atoms with Gasteiger partial charge in [0.1, 0.15) is 11.4 Å². The van der Waals surface area contributed by atoms with E-state index in [9.17, 15) is 0 Å². The number of ether oxygens (including phenoxy) is 2. The minimum absolute atomic E-state index is 0.196. The minimum Gasteiger partial charge on any atom is -0.378 e. The lowest BCUT2D eigenvalue weighted by Gasteiger charge is -2.25. The fourth-order valence-corrected chi connectivity index (χ4v) is 2.31. The van der Waals surface area contributed by atoms with Gasteiger partial charge < -0.3 is 14.8 Å². The Morgan fingerprint density at radius 1 is 1.62 bits per heavy atom. The molecule has 1 N–H and O–H groups in total. The fraction of sp³-hybridized carbons (Fsp3) is 0.800. The van der Waals surface area contributed by atoms with Crippen LogP contribution < -0.4 is 5.32 Å². The van der Waals surface area contributed by atoms with Crippen molar-refractivity contribution in [1.29, 1.82) is 0 Å².